The van der Waals surface area contributed by atoms with Crippen LogP contribution in [-0.2, 0) is 52.8 Å². The van der Waals surface area contributed by atoms with E-state index in [1.54, 1.807) is 87.5 Å². The molecule has 0 bridgehead atoms. The monoisotopic (exact) mass is 1200 g/mol. The summed E-state index contributed by atoms with van der Waals surface area (Å²) in [4.78, 5) is 129. The number of nitrogens with one attached hydrogen (secondary N) is 2. The van der Waals surface area contributed by atoms with Gasteiger partial charge in [-0.15, -0.1) is 0 Å². The first-order valence-electron chi connectivity index (χ1n) is 28.2. The molecular weight excluding hydrogens is 1120 g/mol. The Hall–Kier alpha value is -9.61. The second kappa shape index (κ2) is 28.5. The smallest absolute Gasteiger partial charge is 0.416 e. The van der Waals surface area contributed by atoms with Gasteiger partial charge in [0, 0.05) is 67.5 Å². The van der Waals surface area contributed by atoms with Crippen LogP contribution in [0.3, 0.4) is 0 Å². The number of amides is 9. The molecule has 4 fully saturated rings. The molecule has 0 radical (unpaired) electrons. The van der Waals surface area contributed by atoms with Crippen molar-refractivity contribution >= 4 is 71.3 Å². The third-order valence-corrected chi connectivity index (χ3v) is 15.4. The van der Waals surface area contributed by atoms with Crippen LogP contribution in [0.25, 0.3) is 0 Å². The van der Waals surface area contributed by atoms with E-state index in [-0.39, 0.29) is 51.0 Å². The molecule has 2 unspecified atom stereocenters. The van der Waals surface area contributed by atoms with Gasteiger partial charge >= 0.3 is 42.3 Å². The van der Waals surface area contributed by atoms with Crippen LogP contribution in [-0.4, -0.2) is 159 Å². The largest absolute Gasteiger partial charge is 0.497 e. The lowest BCUT2D eigenvalue weighted by Gasteiger charge is -2.46. The SMILES string of the molecule is C.COC(=O)Nc1cccc(C2CCCN(C(=O)N3C(=O)[C@H](Cc4ccnc(C)c4)[C@H]3C(=O)O)C2)c1.COC(=O)Nc1cccc(C2CCCN(C(=O)N3C(=O)[C@H](Cc4ccnc(N(Cc5ccc(OC)cc5)C(=O)OC(C)(C)C)c4)[C@H]3C(=O)O)C2)c1. The Bertz CT molecular complexity index is 3350. The molecule has 0 aliphatic carbocycles. The normalized spacial score (nSPS) is 19.7. The number of aliphatic carboxylic acids is 2. The minimum Gasteiger partial charge on any atom is -0.497 e. The maximum Gasteiger partial charge on any atom is 0.416 e. The summed E-state index contributed by atoms with van der Waals surface area (Å²) in [6.07, 6.45) is 4.52. The van der Waals surface area contributed by atoms with Crippen LogP contribution >= 0.6 is 0 Å². The van der Waals surface area contributed by atoms with Gasteiger partial charge in [0.05, 0.1) is 39.7 Å². The molecule has 6 atom stereocenters. The van der Waals surface area contributed by atoms with Crippen molar-refractivity contribution in [1.82, 2.24) is 29.6 Å². The molecule has 24 nitrogen and oxygen atoms in total. The number of hydrogen-bond donors (Lipinski definition) is 4. The zero-order chi connectivity index (χ0) is 62.0. The summed E-state index contributed by atoms with van der Waals surface area (Å²) in [5.41, 5.74) is 5.12. The van der Waals surface area contributed by atoms with Crippen LogP contribution in [0.1, 0.15) is 99.2 Å². The maximum atomic E-state index is 13.7. The van der Waals surface area contributed by atoms with Crippen molar-refractivity contribution in [1.29, 1.82) is 0 Å². The molecule has 6 heterocycles. The lowest BCUT2D eigenvalue weighted by molar-refractivity contribution is -0.166. The highest BCUT2D eigenvalue weighted by Crippen LogP contribution is 2.37. The zero-order valence-electron chi connectivity index (χ0n) is 49.0. The van der Waals surface area contributed by atoms with Gasteiger partial charge in [-0.2, -0.15) is 0 Å². The van der Waals surface area contributed by atoms with Gasteiger partial charge in [0.2, 0.25) is 11.8 Å². The number of pyridine rings is 2. The molecule has 2 aromatic heterocycles. The molecular formula is C63H75N9O15. The van der Waals surface area contributed by atoms with E-state index in [4.69, 9.17) is 9.47 Å². The van der Waals surface area contributed by atoms with Gasteiger partial charge < -0.3 is 39.0 Å². The third kappa shape index (κ3) is 15.8. The molecule has 87 heavy (non-hydrogen) atoms. The molecule has 0 spiro atoms. The lowest BCUT2D eigenvalue weighted by Crippen LogP contribution is -2.69. The summed E-state index contributed by atoms with van der Waals surface area (Å²) >= 11 is 0. The van der Waals surface area contributed by atoms with Crippen molar-refractivity contribution in [3.63, 3.8) is 0 Å². The summed E-state index contributed by atoms with van der Waals surface area (Å²) in [6, 6.07) is 24.8. The highest BCUT2D eigenvalue weighted by atomic mass is 16.6. The summed E-state index contributed by atoms with van der Waals surface area (Å²) < 4.78 is 20.2. The Morgan fingerprint density at radius 1 is 0.632 bits per heavy atom. The van der Waals surface area contributed by atoms with Crippen LogP contribution in [0, 0.1) is 18.8 Å². The van der Waals surface area contributed by atoms with E-state index < -0.39 is 83.6 Å². The summed E-state index contributed by atoms with van der Waals surface area (Å²) in [6.45, 7) is 8.68. The number of anilines is 3. The van der Waals surface area contributed by atoms with Gasteiger partial charge in [-0.25, -0.2) is 48.3 Å². The topological polar surface area (TPSA) is 297 Å². The van der Waals surface area contributed by atoms with E-state index in [9.17, 15) is 53.4 Å². The van der Waals surface area contributed by atoms with Gasteiger partial charge in [0.25, 0.3) is 0 Å². The summed E-state index contributed by atoms with van der Waals surface area (Å²) in [5, 5.41) is 25.3. The first-order valence-corrected chi connectivity index (χ1v) is 28.2. The number of carbonyl (C=O) groups excluding carboxylic acids is 7. The Morgan fingerprint density at radius 2 is 1.10 bits per heavy atom. The first-order chi connectivity index (χ1) is 41.0. The van der Waals surface area contributed by atoms with Crippen molar-refractivity contribution in [2.45, 2.75) is 110 Å². The van der Waals surface area contributed by atoms with Crippen molar-refractivity contribution in [2.24, 2.45) is 11.8 Å². The molecule has 5 aromatic rings. The molecule has 462 valence electrons. The molecule has 4 aliphatic heterocycles. The molecule has 9 amide bonds. The number of benzene rings is 3. The standard InChI is InChI=1S/C37H43N5O9.C25H28N4O6.CH4/c1-37(2,3)51-36(48)41(21-23-11-13-28(49-4)14-12-23)30-19-24(15-16-38-30)18-29-31(33(44)45)42(32(29)43)35(47)40-17-7-9-26(22-40)25-8-6-10-27(20-25)39-34(46)50-5;1-15-11-16(8-9-26-15)12-20-21(23(31)32)29(22(20)30)25(34)28-10-4-6-18(14-28)17-5-3-7-19(13-17)27-24(33)35-2;/h6,8,10-16,19-20,26,29,31H,7,9,17-18,21-22H2,1-5H3,(H,39,46)(H,44,45);3,5,7-9,11,13,18,20-21H,4,6,10,12,14H2,1-2H3,(H,27,33)(H,31,32);1H4/t26?,29-,31+;18?,20-,21+;/m11./s1. The Morgan fingerprint density at radius 3 is 1.54 bits per heavy atom. The number of urea groups is 2. The van der Waals surface area contributed by atoms with Crippen molar-refractivity contribution < 1.29 is 72.3 Å². The minimum absolute atomic E-state index is 0. The molecule has 3 aromatic carbocycles. The molecule has 24 heteroatoms. The Labute approximate surface area is 504 Å². The quantitative estimate of drug-likeness (QED) is 0.0594. The molecule has 4 N–H and O–H groups in total. The van der Waals surface area contributed by atoms with E-state index in [2.05, 4.69) is 30.1 Å². The van der Waals surface area contributed by atoms with Crippen LogP contribution in [0.15, 0.2) is 109 Å². The fraction of sp³-hybridized carbons (Fsp3) is 0.413. The number of likely N-dealkylation sites (tertiary alicyclic amines) is 4. The predicted molar refractivity (Wildman–Crippen MR) is 319 cm³/mol. The number of rotatable bonds is 14. The van der Waals surface area contributed by atoms with Crippen molar-refractivity contribution in [3.05, 3.63) is 143 Å². The number of carbonyl (C=O) groups is 9. The number of aryl methyl sites for hydroxylation is 1. The van der Waals surface area contributed by atoms with E-state index in [1.807, 2.05) is 55.5 Å². The van der Waals surface area contributed by atoms with Gasteiger partial charge in [-0.05, 0) is 155 Å². The van der Waals surface area contributed by atoms with Crippen LogP contribution in [0.5, 0.6) is 5.75 Å². The number of β-lactam (4-membered cyclic amide) rings is 2. The Balaban J connectivity index is 0.000000263. The number of carboxylic acid groups (broad SMARTS) is 2. The zero-order valence-corrected chi connectivity index (χ0v) is 49.0. The average molecular weight is 1200 g/mol. The molecule has 4 aliphatic rings. The van der Waals surface area contributed by atoms with E-state index in [0.717, 1.165) is 50.6 Å². The number of carboxylic acids is 2. The van der Waals surface area contributed by atoms with Crippen molar-refractivity contribution in [2.75, 3.05) is 63.0 Å². The lowest BCUT2D eigenvalue weighted by atomic mass is 9.82. The fourth-order valence-corrected chi connectivity index (χ4v) is 11.2. The van der Waals surface area contributed by atoms with E-state index in [0.29, 0.717) is 55.2 Å². The third-order valence-electron chi connectivity index (χ3n) is 15.4. The second-order valence-corrected chi connectivity index (χ2v) is 22.5. The number of piperidine rings is 2. The number of nitrogens with zero attached hydrogens (tertiary/aromatic N) is 7. The number of methoxy groups -OCH3 is 3. The van der Waals surface area contributed by atoms with Gasteiger partial charge in [-0.3, -0.25) is 30.1 Å². The number of ether oxygens (including phenoxy) is 4. The number of imide groups is 2. The van der Waals surface area contributed by atoms with Crippen LogP contribution in [0.2, 0.25) is 0 Å². The molecule has 4 saturated heterocycles. The maximum absolute atomic E-state index is 13.7. The highest BCUT2D eigenvalue weighted by Gasteiger charge is 2.57. The molecule has 9 rings (SSSR count). The van der Waals surface area contributed by atoms with Crippen LogP contribution < -0.4 is 20.3 Å². The number of aromatic nitrogens is 2. The molecule has 0 saturated carbocycles. The van der Waals surface area contributed by atoms with Crippen molar-refractivity contribution in [3.8, 4) is 5.75 Å². The van der Waals surface area contributed by atoms with E-state index >= 15 is 0 Å². The van der Waals surface area contributed by atoms with Crippen LogP contribution in [0.4, 0.5) is 41.2 Å². The summed E-state index contributed by atoms with van der Waals surface area (Å²) in [5.74, 6) is -4.50. The first kappa shape index (κ1) is 64.9. The van der Waals surface area contributed by atoms with Gasteiger partial charge in [0.15, 0.2) is 12.1 Å². The Kier molecular flexibility index (Phi) is 21.3. The van der Waals surface area contributed by atoms with Gasteiger partial charge in [0.1, 0.15) is 17.2 Å². The highest BCUT2D eigenvalue weighted by molar-refractivity contribution is 6.08. The van der Waals surface area contributed by atoms with E-state index in [1.165, 1.54) is 30.2 Å². The minimum atomic E-state index is -1.36. The summed E-state index contributed by atoms with van der Waals surface area (Å²) in [7, 11) is 4.12. The predicted octanol–water partition coefficient (Wildman–Crippen LogP) is 9.32. The second-order valence-electron chi connectivity index (χ2n) is 22.5. The average Bonchev–Trinajstić information content (AvgIpc) is 0.844. The fourth-order valence-electron chi connectivity index (χ4n) is 11.2. The number of hydrogen-bond acceptors (Lipinski definition) is 15. The van der Waals surface area contributed by atoms with Gasteiger partial charge in [-0.1, -0.05) is 43.8 Å².